The third-order valence-corrected chi connectivity index (χ3v) is 3.80. The summed E-state index contributed by atoms with van der Waals surface area (Å²) in [5.74, 6) is 0. The first-order valence-electron chi connectivity index (χ1n) is 6.58. The van der Waals surface area contributed by atoms with Crippen molar-refractivity contribution in [2.45, 2.75) is 39.4 Å². The minimum atomic E-state index is 0.141. The predicted octanol–water partition coefficient (Wildman–Crippen LogP) is 4.19. The summed E-state index contributed by atoms with van der Waals surface area (Å²) < 4.78 is 3.46. The van der Waals surface area contributed by atoms with Crippen LogP contribution in [0.1, 0.15) is 32.0 Å². The van der Waals surface area contributed by atoms with Crippen LogP contribution in [0.25, 0.3) is 0 Å². The molecule has 3 heteroatoms. The lowest BCUT2D eigenvalue weighted by Crippen LogP contribution is -2.35. The number of benzene rings is 1. The highest BCUT2D eigenvalue weighted by molar-refractivity contribution is 9.10. The minimum Gasteiger partial charge on any atom is -0.346 e. The monoisotopic (exact) mass is 320 g/mol. The molecule has 2 rings (SSSR count). The quantitative estimate of drug-likeness (QED) is 0.893. The molecule has 0 bridgehead atoms. The first-order chi connectivity index (χ1) is 8.96. The Balaban J connectivity index is 2.10. The second kappa shape index (κ2) is 5.93. The van der Waals surface area contributed by atoms with Gasteiger partial charge in [-0.05, 0) is 44.5 Å². The molecule has 1 aromatic heterocycles. The van der Waals surface area contributed by atoms with Crippen LogP contribution in [0, 0.1) is 0 Å². The fourth-order valence-electron chi connectivity index (χ4n) is 1.93. The Hall–Kier alpha value is -1.06. The Morgan fingerprint density at radius 1 is 1.11 bits per heavy atom. The molecular formula is C16H21BrN2. The second-order valence-electron chi connectivity index (χ2n) is 5.82. The summed E-state index contributed by atoms with van der Waals surface area (Å²) in [4.78, 5) is 0. The van der Waals surface area contributed by atoms with E-state index in [-0.39, 0.29) is 5.54 Å². The van der Waals surface area contributed by atoms with Gasteiger partial charge in [-0.15, -0.1) is 0 Å². The third kappa shape index (κ3) is 4.22. The summed E-state index contributed by atoms with van der Waals surface area (Å²) in [6.45, 7) is 8.35. The average molecular weight is 321 g/mol. The Labute approximate surface area is 124 Å². The third-order valence-electron chi connectivity index (χ3n) is 3.02. The van der Waals surface area contributed by atoms with Crippen LogP contribution in [0.15, 0.2) is 47.1 Å². The number of nitrogens with one attached hydrogen (secondary N) is 1. The maximum atomic E-state index is 3.61. The van der Waals surface area contributed by atoms with Crippen molar-refractivity contribution in [3.8, 4) is 0 Å². The zero-order valence-electron chi connectivity index (χ0n) is 11.8. The van der Waals surface area contributed by atoms with Crippen LogP contribution in [0.2, 0.25) is 0 Å². The number of rotatable bonds is 4. The molecule has 1 N–H and O–H groups in total. The molecule has 0 saturated heterocycles. The molecule has 0 saturated carbocycles. The van der Waals surface area contributed by atoms with Crippen molar-refractivity contribution in [3.63, 3.8) is 0 Å². The van der Waals surface area contributed by atoms with Crippen molar-refractivity contribution < 1.29 is 0 Å². The molecule has 19 heavy (non-hydrogen) atoms. The number of halogens is 1. The SMILES string of the molecule is CC(C)(C)NCc1cccn1Cc1ccccc1Br. The van der Waals surface area contributed by atoms with Gasteiger partial charge in [-0.1, -0.05) is 34.1 Å². The first kappa shape index (κ1) is 14.4. The number of hydrogen-bond acceptors (Lipinski definition) is 1. The van der Waals surface area contributed by atoms with E-state index in [0.717, 1.165) is 13.1 Å². The van der Waals surface area contributed by atoms with Gasteiger partial charge in [0.15, 0.2) is 0 Å². The lowest BCUT2D eigenvalue weighted by Gasteiger charge is -2.21. The topological polar surface area (TPSA) is 17.0 Å². The van der Waals surface area contributed by atoms with Gasteiger partial charge in [0.1, 0.15) is 0 Å². The molecule has 0 aliphatic rings. The molecular weight excluding hydrogens is 300 g/mol. The van der Waals surface area contributed by atoms with Crippen LogP contribution in [0.5, 0.6) is 0 Å². The van der Waals surface area contributed by atoms with Crippen molar-refractivity contribution in [3.05, 3.63) is 58.3 Å². The van der Waals surface area contributed by atoms with E-state index in [1.54, 1.807) is 0 Å². The molecule has 2 aromatic rings. The molecule has 0 spiro atoms. The summed E-state index contributed by atoms with van der Waals surface area (Å²) in [6, 6.07) is 12.7. The fourth-order valence-corrected chi connectivity index (χ4v) is 2.34. The summed E-state index contributed by atoms with van der Waals surface area (Å²) in [6.07, 6.45) is 2.14. The molecule has 0 atom stereocenters. The van der Waals surface area contributed by atoms with Gasteiger partial charge >= 0.3 is 0 Å². The summed E-state index contributed by atoms with van der Waals surface area (Å²) in [5.41, 5.74) is 2.75. The highest BCUT2D eigenvalue weighted by Gasteiger charge is 2.10. The number of nitrogens with zero attached hydrogens (tertiary/aromatic N) is 1. The second-order valence-corrected chi connectivity index (χ2v) is 6.68. The van der Waals surface area contributed by atoms with Crippen molar-refractivity contribution in [1.29, 1.82) is 0 Å². The Morgan fingerprint density at radius 2 is 1.84 bits per heavy atom. The van der Waals surface area contributed by atoms with E-state index in [2.05, 4.69) is 83.1 Å². The molecule has 102 valence electrons. The van der Waals surface area contributed by atoms with Crippen LogP contribution in [-0.4, -0.2) is 10.1 Å². The summed E-state index contributed by atoms with van der Waals surface area (Å²) >= 11 is 3.61. The number of aromatic nitrogens is 1. The first-order valence-corrected chi connectivity index (χ1v) is 7.37. The lowest BCUT2D eigenvalue weighted by atomic mass is 10.1. The minimum absolute atomic E-state index is 0.141. The predicted molar refractivity (Wildman–Crippen MR) is 84.3 cm³/mol. The standard InChI is InChI=1S/C16H21BrN2/c1-16(2,3)18-11-14-8-6-10-19(14)12-13-7-4-5-9-15(13)17/h4-10,18H,11-12H2,1-3H3. The molecule has 0 radical (unpaired) electrons. The van der Waals surface area contributed by atoms with E-state index >= 15 is 0 Å². The van der Waals surface area contributed by atoms with Gasteiger partial charge in [0.05, 0.1) is 0 Å². The molecule has 2 nitrogen and oxygen atoms in total. The van der Waals surface area contributed by atoms with E-state index in [9.17, 15) is 0 Å². The highest BCUT2D eigenvalue weighted by Crippen LogP contribution is 2.18. The summed E-state index contributed by atoms with van der Waals surface area (Å²) in [5, 5.41) is 3.53. The average Bonchev–Trinajstić information content (AvgIpc) is 2.76. The lowest BCUT2D eigenvalue weighted by molar-refractivity contribution is 0.417. The molecule has 0 amide bonds. The smallest absolute Gasteiger partial charge is 0.0484 e. The van der Waals surface area contributed by atoms with Crippen LogP contribution in [0.4, 0.5) is 0 Å². The van der Waals surface area contributed by atoms with Gasteiger partial charge in [-0.25, -0.2) is 0 Å². The number of hydrogen-bond donors (Lipinski definition) is 1. The Kier molecular flexibility index (Phi) is 4.48. The van der Waals surface area contributed by atoms with Crippen LogP contribution >= 0.6 is 15.9 Å². The molecule has 1 aromatic carbocycles. The zero-order valence-corrected chi connectivity index (χ0v) is 13.4. The molecule has 1 heterocycles. The van der Waals surface area contributed by atoms with E-state index in [4.69, 9.17) is 0 Å². The van der Waals surface area contributed by atoms with E-state index in [0.29, 0.717) is 0 Å². The normalized spacial score (nSPS) is 11.8. The largest absolute Gasteiger partial charge is 0.346 e. The van der Waals surface area contributed by atoms with Gasteiger partial charge in [0.2, 0.25) is 0 Å². The van der Waals surface area contributed by atoms with E-state index < -0.39 is 0 Å². The zero-order chi connectivity index (χ0) is 13.9. The van der Waals surface area contributed by atoms with Crippen molar-refractivity contribution in [2.75, 3.05) is 0 Å². The molecule has 0 aliphatic heterocycles. The van der Waals surface area contributed by atoms with Gasteiger partial charge in [0.25, 0.3) is 0 Å². The van der Waals surface area contributed by atoms with Crippen LogP contribution < -0.4 is 5.32 Å². The molecule has 0 aliphatic carbocycles. The van der Waals surface area contributed by atoms with Crippen LogP contribution in [-0.2, 0) is 13.1 Å². The Morgan fingerprint density at radius 3 is 2.53 bits per heavy atom. The molecule has 0 fully saturated rings. The van der Waals surface area contributed by atoms with E-state index in [1.807, 2.05) is 6.07 Å². The molecule has 0 unspecified atom stereocenters. The van der Waals surface area contributed by atoms with E-state index in [1.165, 1.54) is 15.7 Å². The van der Waals surface area contributed by atoms with Gasteiger partial charge in [-0.3, -0.25) is 0 Å². The fraction of sp³-hybridized carbons (Fsp3) is 0.375. The maximum absolute atomic E-state index is 3.61. The highest BCUT2D eigenvalue weighted by atomic mass is 79.9. The summed E-state index contributed by atoms with van der Waals surface area (Å²) in [7, 11) is 0. The maximum Gasteiger partial charge on any atom is 0.0484 e. The van der Waals surface area contributed by atoms with Crippen molar-refractivity contribution in [2.24, 2.45) is 0 Å². The van der Waals surface area contributed by atoms with Crippen LogP contribution in [0.3, 0.4) is 0 Å². The van der Waals surface area contributed by atoms with Gasteiger partial charge in [0, 0.05) is 35.0 Å². The van der Waals surface area contributed by atoms with Crippen molar-refractivity contribution >= 4 is 15.9 Å². The van der Waals surface area contributed by atoms with Gasteiger partial charge in [-0.2, -0.15) is 0 Å². The van der Waals surface area contributed by atoms with Gasteiger partial charge < -0.3 is 9.88 Å². The van der Waals surface area contributed by atoms with Crippen molar-refractivity contribution in [1.82, 2.24) is 9.88 Å². The Bertz CT molecular complexity index is 538.